The van der Waals surface area contributed by atoms with Crippen molar-refractivity contribution in [2.45, 2.75) is 21.6 Å². The second-order valence-electron chi connectivity index (χ2n) is 10.3. The van der Waals surface area contributed by atoms with Gasteiger partial charge in [-0.2, -0.15) is 36.9 Å². The van der Waals surface area contributed by atoms with Crippen LogP contribution in [0.15, 0.2) is 103 Å². The van der Waals surface area contributed by atoms with Crippen LogP contribution < -0.4 is 10.6 Å². The van der Waals surface area contributed by atoms with Crippen LogP contribution in [0.1, 0.15) is 5.56 Å². The predicted octanol–water partition coefficient (Wildman–Crippen LogP) is 6.33. The van der Waals surface area contributed by atoms with Gasteiger partial charge in [0.05, 0.1) is 38.1 Å². The van der Waals surface area contributed by atoms with Gasteiger partial charge < -0.3 is 19.9 Å². The molecule has 0 saturated carbocycles. The number of phenolic OH excluding ortho intramolecular Hbond substituents is 1. The molecule has 0 saturated heterocycles. The molecule has 0 aliphatic carbocycles. The highest BCUT2D eigenvalue weighted by Gasteiger charge is 2.25. The summed E-state index contributed by atoms with van der Waals surface area (Å²) in [7, 11) is -14.6. The molecule has 0 aliphatic heterocycles. The van der Waals surface area contributed by atoms with Gasteiger partial charge in [-0.25, -0.2) is 13.7 Å². The number of nitrogens with one attached hydrogen (secondary N) is 2. The number of halogens is 1. The summed E-state index contributed by atoms with van der Waals surface area (Å²) in [5, 5.41) is 36.0. The molecule has 0 unspecified atom stereocenters. The number of sulfone groups is 1. The molecule has 6 N–H and O–H groups in total. The summed E-state index contributed by atoms with van der Waals surface area (Å²) in [6.07, 6.45) is 0. The molecule has 0 radical (unpaired) electrons. The molecule has 0 bridgehead atoms. The maximum absolute atomic E-state index is 12.6. The molecular formula is C28H22ClN7O13S4. The molecule has 25 heteroatoms. The zero-order chi connectivity index (χ0) is 38.7. The van der Waals surface area contributed by atoms with Crippen molar-refractivity contribution in [2.75, 3.05) is 10.6 Å². The summed E-state index contributed by atoms with van der Waals surface area (Å²) in [5.74, 6) is -0.913. The number of aryl methyl sites for hydroxylation is 1. The number of aromatic hydroxyl groups is 1. The van der Waals surface area contributed by atoms with Crippen molar-refractivity contribution in [2.24, 2.45) is 10.2 Å². The van der Waals surface area contributed by atoms with Gasteiger partial charge in [-0.3, -0.25) is 9.11 Å². The number of anilines is 4. The normalized spacial score (nSPS) is 12.2. The Morgan fingerprint density at radius 2 is 1.57 bits per heavy atom. The van der Waals surface area contributed by atoms with Gasteiger partial charge in [-0.05, 0) is 90.7 Å². The number of aromatic nitrogens is 3. The maximum atomic E-state index is 12.6. The number of phenols is 1. The minimum Gasteiger partial charge on any atom is -0.505 e. The van der Waals surface area contributed by atoms with Gasteiger partial charge in [0, 0.05) is 11.1 Å². The van der Waals surface area contributed by atoms with Gasteiger partial charge in [0.2, 0.25) is 32.1 Å². The van der Waals surface area contributed by atoms with Gasteiger partial charge in [0.1, 0.15) is 5.69 Å². The molecule has 1 heterocycles. The van der Waals surface area contributed by atoms with Crippen LogP contribution in [0.25, 0.3) is 10.8 Å². The third-order valence-corrected chi connectivity index (χ3v) is 10.3. The van der Waals surface area contributed by atoms with Crippen molar-refractivity contribution in [1.29, 1.82) is 0 Å². The van der Waals surface area contributed by atoms with Crippen LogP contribution >= 0.6 is 23.6 Å². The molecule has 0 atom stereocenters. The predicted molar refractivity (Wildman–Crippen MR) is 188 cm³/mol. The molecule has 0 amide bonds. The molecule has 20 nitrogen and oxygen atoms in total. The lowest BCUT2D eigenvalue weighted by atomic mass is 10.1. The summed E-state index contributed by atoms with van der Waals surface area (Å²) in [6.45, 7) is 4.87. The molecule has 5 rings (SSSR count). The standard InChI is InChI=1S/C28H22ClN7O13S4/c1-14-4-3-5-18(10-14)30-27-32-26(29)33-28(34-27)31-21-13-20(52(41,42)43)11-16-12-22(50-49-48-38)24(25(37)23(16)21)36-35-17-6-8-19(9-7-17)51(39,40)15(2)47-53(44,45)46/h3-13,37-38H,2H2,1H3,(H,41,42,43)(H,44,45,46)(H2,30,31,32,33,34). The lowest BCUT2D eigenvalue weighted by Gasteiger charge is -2.15. The van der Waals surface area contributed by atoms with Gasteiger partial charge in [0.25, 0.3) is 10.1 Å². The second kappa shape index (κ2) is 15.5. The first kappa shape index (κ1) is 39.2. The molecule has 0 spiro atoms. The monoisotopic (exact) mass is 827 g/mol. The highest BCUT2D eigenvalue weighted by molar-refractivity contribution is 7.95. The molecule has 0 aliphatic rings. The highest BCUT2D eigenvalue weighted by atomic mass is 35.5. The van der Waals surface area contributed by atoms with E-state index in [9.17, 15) is 34.9 Å². The van der Waals surface area contributed by atoms with Gasteiger partial charge in [-0.15, -0.1) is 9.45 Å². The van der Waals surface area contributed by atoms with Crippen molar-refractivity contribution < 1.29 is 58.3 Å². The molecule has 53 heavy (non-hydrogen) atoms. The first-order valence-corrected chi connectivity index (χ1v) is 19.4. The van der Waals surface area contributed by atoms with Crippen LogP contribution in [-0.2, 0) is 43.9 Å². The fraction of sp³-hybridized carbons (Fsp3) is 0.0357. The largest absolute Gasteiger partial charge is 0.505 e. The first-order chi connectivity index (χ1) is 24.8. The van der Waals surface area contributed by atoms with Crippen LogP contribution in [0.3, 0.4) is 0 Å². The van der Waals surface area contributed by atoms with Gasteiger partial charge in [0.15, 0.2) is 5.75 Å². The molecule has 5 aromatic rings. The van der Waals surface area contributed by atoms with Crippen molar-refractivity contribution >= 4 is 99.4 Å². The first-order valence-electron chi connectivity index (χ1n) is 13.9. The van der Waals surface area contributed by atoms with E-state index in [4.69, 9.17) is 21.4 Å². The fourth-order valence-corrected chi connectivity index (χ4v) is 7.25. The zero-order valence-electron chi connectivity index (χ0n) is 26.3. The fourth-order valence-electron chi connectivity index (χ4n) is 4.45. The van der Waals surface area contributed by atoms with E-state index in [2.05, 4.69) is 55.9 Å². The van der Waals surface area contributed by atoms with Crippen molar-refractivity contribution in [3.05, 3.63) is 89.2 Å². The summed E-state index contributed by atoms with van der Waals surface area (Å²) in [6, 6.07) is 14.6. The Balaban J connectivity index is 1.59. The van der Waals surface area contributed by atoms with Crippen LogP contribution in [0.4, 0.5) is 34.6 Å². The second-order valence-corrected chi connectivity index (χ2v) is 15.8. The summed E-state index contributed by atoms with van der Waals surface area (Å²) in [4.78, 5) is 11.1. The lowest BCUT2D eigenvalue weighted by molar-refractivity contribution is -0.432. The van der Waals surface area contributed by atoms with Gasteiger partial charge >= 0.3 is 10.4 Å². The molecule has 1 aromatic heterocycles. The van der Waals surface area contributed by atoms with E-state index in [1.54, 1.807) is 18.2 Å². The van der Waals surface area contributed by atoms with E-state index < -0.39 is 51.0 Å². The maximum Gasteiger partial charge on any atom is 0.447 e. The van der Waals surface area contributed by atoms with E-state index in [-0.39, 0.29) is 49.9 Å². The Morgan fingerprint density at radius 3 is 2.19 bits per heavy atom. The number of fused-ring (bicyclic) bond motifs is 1. The Hall–Kier alpha value is -5.02. The van der Waals surface area contributed by atoms with Gasteiger partial charge in [-0.1, -0.05) is 17.2 Å². The minimum absolute atomic E-state index is 0.0130. The lowest BCUT2D eigenvalue weighted by Crippen LogP contribution is -2.11. The van der Waals surface area contributed by atoms with E-state index >= 15 is 0 Å². The third-order valence-electron chi connectivity index (χ3n) is 6.61. The number of benzene rings is 4. The number of rotatable bonds is 14. The number of hydrogen-bond donors (Lipinski definition) is 6. The summed E-state index contributed by atoms with van der Waals surface area (Å²) < 4.78 is 98.7. The van der Waals surface area contributed by atoms with E-state index in [0.29, 0.717) is 17.7 Å². The summed E-state index contributed by atoms with van der Waals surface area (Å²) >= 11 is 6.46. The zero-order valence-corrected chi connectivity index (χ0v) is 30.3. The van der Waals surface area contributed by atoms with Crippen molar-refractivity contribution in [1.82, 2.24) is 15.0 Å². The molecule has 0 fully saturated rings. The Kier molecular flexibility index (Phi) is 11.5. The number of azo groups is 1. The summed E-state index contributed by atoms with van der Waals surface area (Å²) in [5.41, 5.74) is 0.971. The molecule has 4 aromatic carbocycles. The minimum atomic E-state index is -5.18. The average Bonchev–Trinajstić information content (AvgIpc) is 3.05. The van der Waals surface area contributed by atoms with E-state index in [1.165, 1.54) is 6.07 Å². The third kappa shape index (κ3) is 9.70. The average molecular weight is 828 g/mol. The van der Waals surface area contributed by atoms with Crippen LogP contribution in [-0.4, -0.2) is 59.7 Å². The van der Waals surface area contributed by atoms with Crippen LogP contribution in [0.5, 0.6) is 5.75 Å². The van der Waals surface area contributed by atoms with E-state index in [0.717, 1.165) is 42.0 Å². The van der Waals surface area contributed by atoms with E-state index in [1.807, 2.05) is 13.0 Å². The SMILES string of the molecule is C=C(OS(=O)(=O)O)S(=O)(=O)c1ccc(N=Nc2c(SOOO)cc3cc(S(=O)(=O)O)cc(Nc4nc(Cl)nc(Nc5cccc(C)c5)n4)c3c2O)cc1. The Bertz CT molecular complexity index is 2610. The molecular weight excluding hydrogens is 806 g/mol. The highest BCUT2D eigenvalue weighted by Crippen LogP contribution is 2.47. The Labute approximate surface area is 308 Å². The quantitative estimate of drug-likeness (QED) is 0.0178. The number of hydrogen-bond acceptors (Lipinski definition) is 19. The van der Waals surface area contributed by atoms with Crippen LogP contribution in [0, 0.1) is 6.92 Å². The van der Waals surface area contributed by atoms with Crippen LogP contribution in [0.2, 0.25) is 5.28 Å². The Morgan fingerprint density at radius 1 is 0.887 bits per heavy atom. The van der Waals surface area contributed by atoms with Crippen molar-refractivity contribution in [3.8, 4) is 5.75 Å². The topological polar surface area (TPSA) is 298 Å². The molecule has 278 valence electrons. The number of nitrogens with zero attached hydrogens (tertiary/aromatic N) is 5. The van der Waals surface area contributed by atoms with Crippen molar-refractivity contribution in [3.63, 3.8) is 0 Å². The smallest absolute Gasteiger partial charge is 0.447 e.